The highest BCUT2D eigenvalue weighted by Crippen LogP contribution is 2.39. The van der Waals surface area contributed by atoms with E-state index in [-0.39, 0.29) is 17.2 Å². The summed E-state index contributed by atoms with van der Waals surface area (Å²) in [5.41, 5.74) is 4.07. The Balaban J connectivity index is 2.01. The van der Waals surface area contributed by atoms with Crippen molar-refractivity contribution in [1.29, 1.82) is 0 Å². The van der Waals surface area contributed by atoms with Crippen LogP contribution in [0, 0.1) is 0 Å². The van der Waals surface area contributed by atoms with Crippen LogP contribution >= 0.6 is 0 Å². The van der Waals surface area contributed by atoms with Crippen LogP contribution in [0.3, 0.4) is 0 Å². The second kappa shape index (κ2) is 7.38. The van der Waals surface area contributed by atoms with E-state index in [4.69, 9.17) is 0 Å². The van der Waals surface area contributed by atoms with Gasteiger partial charge in [0.05, 0.1) is 16.6 Å². The highest BCUT2D eigenvalue weighted by molar-refractivity contribution is 5.92. The highest BCUT2D eigenvalue weighted by Gasteiger charge is 2.33. The number of fused-ring (bicyclic) bond motifs is 2. The molecule has 0 saturated heterocycles. The Labute approximate surface area is 173 Å². The lowest BCUT2D eigenvalue weighted by Crippen LogP contribution is -2.07. The van der Waals surface area contributed by atoms with E-state index >= 15 is 0 Å². The van der Waals surface area contributed by atoms with Crippen molar-refractivity contribution in [2.45, 2.75) is 45.7 Å². The van der Waals surface area contributed by atoms with Gasteiger partial charge in [-0.05, 0) is 58.9 Å². The molecule has 2 aromatic carbocycles. The summed E-state index contributed by atoms with van der Waals surface area (Å²) >= 11 is 0. The van der Waals surface area contributed by atoms with E-state index in [1.165, 1.54) is 6.07 Å². The molecule has 0 fully saturated rings. The summed E-state index contributed by atoms with van der Waals surface area (Å²) in [5, 5.41) is 1.11. The van der Waals surface area contributed by atoms with Gasteiger partial charge in [0.2, 0.25) is 0 Å². The number of alkyl halides is 3. The van der Waals surface area contributed by atoms with Crippen LogP contribution in [0.4, 0.5) is 13.2 Å². The number of aromatic nitrogens is 2. The van der Waals surface area contributed by atoms with Crippen molar-refractivity contribution in [2.75, 3.05) is 0 Å². The largest absolute Gasteiger partial charge is 0.417 e. The lowest BCUT2D eigenvalue weighted by atomic mass is 9.92. The van der Waals surface area contributed by atoms with Crippen molar-refractivity contribution in [1.82, 2.24) is 9.97 Å². The standard InChI is InChI=1S/C25H23F3N2/c1-14(2)19-7-8-22(25(26,27)28)21-12-18(13-30-24(19)21)17-10-16-6-5-9-29-23(16)20(11-17)15(3)4/h5-15H,1-4H3. The van der Waals surface area contributed by atoms with Gasteiger partial charge in [-0.1, -0.05) is 39.8 Å². The summed E-state index contributed by atoms with van der Waals surface area (Å²) in [7, 11) is 0. The molecule has 0 aliphatic rings. The minimum atomic E-state index is -4.44. The summed E-state index contributed by atoms with van der Waals surface area (Å²) in [6.07, 6.45) is -1.00. The predicted octanol–water partition coefficient (Wildman–Crippen LogP) is 7.72. The average molecular weight is 408 g/mol. The van der Waals surface area contributed by atoms with Crippen molar-refractivity contribution in [3.05, 3.63) is 71.5 Å². The Kier molecular flexibility index (Phi) is 5.00. The molecule has 2 heterocycles. The fourth-order valence-corrected chi connectivity index (χ4v) is 3.94. The van der Waals surface area contributed by atoms with E-state index in [9.17, 15) is 13.2 Å². The van der Waals surface area contributed by atoms with E-state index in [0.29, 0.717) is 11.1 Å². The highest BCUT2D eigenvalue weighted by atomic mass is 19.4. The molecule has 0 atom stereocenters. The van der Waals surface area contributed by atoms with Gasteiger partial charge >= 0.3 is 6.18 Å². The molecular formula is C25H23F3N2. The predicted molar refractivity (Wildman–Crippen MR) is 116 cm³/mol. The number of nitrogens with zero attached hydrogens (tertiary/aromatic N) is 2. The number of hydrogen-bond acceptors (Lipinski definition) is 2. The first-order valence-corrected chi connectivity index (χ1v) is 10.1. The molecule has 0 radical (unpaired) electrons. The van der Waals surface area contributed by atoms with Crippen molar-refractivity contribution in [2.24, 2.45) is 0 Å². The van der Waals surface area contributed by atoms with Gasteiger partial charge in [-0.25, -0.2) is 0 Å². The summed E-state index contributed by atoms with van der Waals surface area (Å²) in [6, 6.07) is 12.2. The molecule has 0 aliphatic heterocycles. The molecule has 0 saturated carbocycles. The van der Waals surface area contributed by atoms with E-state index in [2.05, 4.69) is 23.8 Å². The maximum Gasteiger partial charge on any atom is 0.417 e. The van der Waals surface area contributed by atoms with Gasteiger partial charge in [0.15, 0.2) is 0 Å². The van der Waals surface area contributed by atoms with E-state index in [1.54, 1.807) is 24.5 Å². The number of halogens is 3. The van der Waals surface area contributed by atoms with Crippen LogP contribution in [0.1, 0.15) is 56.2 Å². The topological polar surface area (TPSA) is 25.8 Å². The Morgan fingerprint density at radius 1 is 0.767 bits per heavy atom. The Bertz CT molecular complexity index is 1240. The molecule has 30 heavy (non-hydrogen) atoms. The van der Waals surface area contributed by atoms with Crippen LogP contribution in [0.5, 0.6) is 0 Å². The van der Waals surface area contributed by atoms with Crippen LogP contribution in [-0.4, -0.2) is 9.97 Å². The molecule has 4 aromatic rings. The van der Waals surface area contributed by atoms with E-state index in [0.717, 1.165) is 27.6 Å². The zero-order valence-corrected chi connectivity index (χ0v) is 17.4. The van der Waals surface area contributed by atoms with Crippen LogP contribution in [0.2, 0.25) is 0 Å². The molecule has 0 unspecified atom stereocenters. The lowest BCUT2D eigenvalue weighted by Gasteiger charge is -2.17. The first-order chi connectivity index (χ1) is 14.2. The third kappa shape index (κ3) is 3.53. The fraction of sp³-hybridized carbons (Fsp3) is 0.280. The van der Waals surface area contributed by atoms with E-state index in [1.807, 2.05) is 38.1 Å². The second-order valence-corrected chi connectivity index (χ2v) is 8.27. The normalized spacial score (nSPS) is 12.4. The first kappa shape index (κ1) is 20.3. The maximum absolute atomic E-state index is 13.7. The summed E-state index contributed by atoms with van der Waals surface area (Å²) in [5.74, 6) is 0.307. The van der Waals surface area contributed by atoms with Crippen LogP contribution in [-0.2, 0) is 6.18 Å². The Hall–Kier alpha value is -2.95. The fourth-order valence-electron chi connectivity index (χ4n) is 3.94. The van der Waals surface area contributed by atoms with Gasteiger partial charge in [0, 0.05) is 28.7 Å². The third-order valence-corrected chi connectivity index (χ3v) is 5.50. The number of benzene rings is 2. The van der Waals surface area contributed by atoms with E-state index < -0.39 is 11.7 Å². The van der Waals surface area contributed by atoms with Crippen molar-refractivity contribution >= 4 is 21.8 Å². The van der Waals surface area contributed by atoms with Crippen molar-refractivity contribution in [3.63, 3.8) is 0 Å². The molecular weight excluding hydrogens is 385 g/mol. The summed E-state index contributed by atoms with van der Waals surface area (Å²) in [4.78, 5) is 8.99. The summed E-state index contributed by atoms with van der Waals surface area (Å²) in [6.45, 7) is 8.09. The van der Waals surface area contributed by atoms with Gasteiger partial charge in [-0.2, -0.15) is 13.2 Å². The van der Waals surface area contributed by atoms with Gasteiger partial charge in [0.25, 0.3) is 0 Å². The monoisotopic (exact) mass is 408 g/mol. The van der Waals surface area contributed by atoms with Crippen molar-refractivity contribution in [3.8, 4) is 11.1 Å². The minimum Gasteiger partial charge on any atom is -0.256 e. The molecule has 0 amide bonds. The smallest absolute Gasteiger partial charge is 0.256 e. The maximum atomic E-state index is 13.7. The average Bonchev–Trinajstić information content (AvgIpc) is 2.70. The molecule has 0 N–H and O–H groups in total. The zero-order valence-electron chi connectivity index (χ0n) is 17.4. The van der Waals surface area contributed by atoms with Gasteiger partial charge < -0.3 is 0 Å². The van der Waals surface area contributed by atoms with Gasteiger partial charge in [-0.15, -0.1) is 0 Å². The molecule has 0 aliphatic carbocycles. The Morgan fingerprint density at radius 3 is 2.17 bits per heavy atom. The third-order valence-electron chi connectivity index (χ3n) is 5.50. The minimum absolute atomic E-state index is 0.0763. The SMILES string of the molecule is CC(C)c1cc(-c2cnc3c(C(C)C)ccc(C(F)(F)F)c3c2)cc2cccnc12. The molecule has 5 heteroatoms. The van der Waals surface area contributed by atoms with Gasteiger partial charge in [0.1, 0.15) is 0 Å². The van der Waals surface area contributed by atoms with Crippen molar-refractivity contribution < 1.29 is 13.2 Å². The number of hydrogen-bond donors (Lipinski definition) is 0. The Morgan fingerprint density at radius 2 is 1.50 bits per heavy atom. The quantitative estimate of drug-likeness (QED) is 0.347. The second-order valence-electron chi connectivity index (χ2n) is 8.27. The van der Waals surface area contributed by atoms with Crippen LogP contribution in [0.25, 0.3) is 32.9 Å². The first-order valence-electron chi connectivity index (χ1n) is 10.1. The molecule has 4 rings (SSSR count). The van der Waals surface area contributed by atoms with Crippen LogP contribution < -0.4 is 0 Å². The molecule has 154 valence electrons. The molecule has 0 spiro atoms. The van der Waals surface area contributed by atoms with Crippen LogP contribution in [0.15, 0.2) is 54.9 Å². The molecule has 2 aromatic heterocycles. The summed E-state index contributed by atoms with van der Waals surface area (Å²) < 4.78 is 41.2. The number of pyridine rings is 2. The molecule has 2 nitrogen and oxygen atoms in total. The van der Waals surface area contributed by atoms with Gasteiger partial charge in [-0.3, -0.25) is 9.97 Å². The number of rotatable bonds is 3. The molecule has 0 bridgehead atoms. The lowest BCUT2D eigenvalue weighted by molar-refractivity contribution is -0.136. The zero-order chi connectivity index (χ0) is 21.6.